The summed E-state index contributed by atoms with van der Waals surface area (Å²) < 4.78 is 5.40. The molecule has 0 aromatic heterocycles. The lowest BCUT2D eigenvalue weighted by atomic mass is 9.84. The summed E-state index contributed by atoms with van der Waals surface area (Å²) in [5.74, 6) is 0.557. The fourth-order valence-electron chi connectivity index (χ4n) is 1.86. The molecule has 0 unspecified atom stereocenters. The molecule has 0 aliphatic heterocycles. The number of aryl methyl sites for hydroxylation is 1. The maximum absolute atomic E-state index is 11.0. The Kier molecular flexibility index (Phi) is 3.81. The molecule has 0 bridgehead atoms. The lowest BCUT2D eigenvalue weighted by molar-refractivity contribution is -0.117. The molecule has 0 heterocycles. The third kappa shape index (κ3) is 3.22. The van der Waals surface area contributed by atoms with Crippen molar-refractivity contribution in [2.45, 2.75) is 39.5 Å². The monoisotopic (exact) mass is 235 g/mol. The van der Waals surface area contributed by atoms with Crippen molar-refractivity contribution in [3.63, 3.8) is 0 Å². The second-order valence-electron chi connectivity index (χ2n) is 5.37. The van der Waals surface area contributed by atoms with Crippen LogP contribution in [0.3, 0.4) is 0 Å². The van der Waals surface area contributed by atoms with Gasteiger partial charge in [-0.25, -0.2) is 0 Å². The van der Waals surface area contributed by atoms with Crippen molar-refractivity contribution >= 4 is 5.91 Å². The Balaban J connectivity index is 3.32. The Morgan fingerprint density at radius 3 is 2.35 bits per heavy atom. The standard InChI is InChI=1S/C14H21NO2/c1-9-6-12(17-5)11(14(2,3)4)7-10(9)8-13(15)16/h6-7H,8H2,1-5H3,(H2,15,16). The highest BCUT2D eigenvalue weighted by molar-refractivity contribution is 5.77. The molecular formula is C14H21NO2. The minimum Gasteiger partial charge on any atom is -0.496 e. The van der Waals surface area contributed by atoms with Gasteiger partial charge in [0.1, 0.15) is 5.75 Å². The quantitative estimate of drug-likeness (QED) is 0.874. The molecule has 0 atom stereocenters. The van der Waals surface area contributed by atoms with Gasteiger partial charge >= 0.3 is 0 Å². The molecule has 0 aliphatic rings. The van der Waals surface area contributed by atoms with Gasteiger partial charge in [0, 0.05) is 0 Å². The fraction of sp³-hybridized carbons (Fsp3) is 0.500. The van der Waals surface area contributed by atoms with Crippen molar-refractivity contribution in [3.05, 3.63) is 28.8 Å². The zero-order valence-electron chi connectivity index (χ0n) is 11.3. The Hall–Kier alpha value is -1.51. The van der Waals surface area contributed by atoms with Crippen molar-refractivity contribution in [3.8, 4) is 5.75 Å². The van der Waals surface area contributed by atoms with Gasteiger partial charge in [0.15, 0.2) is 0 Å². The second kappa shape index (κ2) is 4.78. The summed E-state index contributed by atoms with van der Waals surface area (Å²) >= 11 is 0. The molecule has 0 saturated carbocycles. The van der Waals surface area contributed by atoms with Crippen molar-refractivity contribution in [1.82, 2.24) is 0 Å². The molecule has 1 rings (SSSR count). The van der Waals surface area contributed by atoms with E-state index in [0.29, 0.717) is 0 Å². The van der Waals surface area contributed by atoms with Crippen LogP contribution in [-0.2, 0) is 16.6 Å². The van der Waals surface area contributed by atoms with Crippen molar-refractivity contribution in [2.24, 2.45) is 5.73 Å². The first kappa shape index (κ1) is 13.6. The lowest BCUT2D eigenvalue weighted by Gasteiger charge is -2.23. The average molecular weight is 235 g/mol. The Morgan fingerprint density at radius 2 is 1.94 bits per heavy atom. The minimum absolute atomic E-state index is 0.0224. The van der Waals surface area contributed by atoms with Gasteiger partial charge in [-0.15, -0.1) is 0 Å². The number of carbonyl (C=O) groups is 1. The number of rotatable bonds is 3. The number of amides is 1. The molecule has 3 heteroatoms. The van der Waals surface area contributed by atoms with Crippen molar-refractivity contribution in [1.29, 1.82) is 0 Å². The highest BCUT2D eigenvalue weighted by Crippen LogP contribution is 2.33. The van der Waals surface area contributed by atoms with Gasteiger partial charge in [0.25, 0.3) is 0 Å². The van der Waals surface area contributed by atoms with E-state index in [2.05, 4.69) is 20.8 Å². The van der Waals surface area contributed by atoms with Crippen molar-refractivity contribution in [2.75, 3.05) is 7.11 Å². The number of hydrogen-bond acceptors (Lipinski definition) is 2. The van der Waals surface area contributed by atoms with Gasteiger partial charge in [0.05, 0.1) is 13.5 Å². The van der Waals surface area contributed by atoms with E-state index in [1.165, 1.54) is 0 Å². The van der Waals surface area contributed by atoms with E-state index >= 15 is 0 Å². The maximum Gasteiger partial charge on any atom is 0.221 e. The molecule has 0 radical (unpaired) electrons. The molecule has 0 saturated heterocycles. The van der Waals surface area contributed by atoms with Gasteiger partial charge in [-0.05, 0) is 35.1 Å². The largest absolute Gasteiger partial charge is 0.496 e. The van der Waals surface area contributed by atoms with E-state index in [-0.39, 0.29) is 17.7 Å². The summed E-state index contributed by atoms with van der Waals surface area (Å²) in [6, 6.07) is 4.00. The molecule has 1 aromatic rings. The van der Waals surface area contributed by atoms with Crippen LogP contribution in [0.4, 0.5) is 0 Å². The topological polar surface area (TPSA) is 52.3 Å². The average Bonchev–Trinajstić information content (AvgIpc) is 2.18. The van der Waals surface area contributed by atoms with Gasteiger partial charge in [-0.1, -0.05) is 26.8 Å². The third-order valence-corrected chi connectivity index (χ3v) is 2.83. The van der Waals surface area contributed by atoms with Crippen LogP contribution in [0.1, 0.15) is 37.5 Å². The maximum atomic E-state index is 11.0. The second-order valence-corrected chi connectivity index (χ2v) is 5.37. The molecular weight excluding hydrogens is 214 g/mol. The predicted molar refractivity (Wildman–Crippen MR) is 69.3 cm³/mol. The molecule has 3 nitrogen and oxygen atoms in total. The first-order valence-electron chi connectivity index (χ1n) is 5.72. The summed E-state index contributed by atoms with van der Waals surface area (Å²) in [5.41, 5.74) is 8.34. The van der Waals surface area contributed by atoms with Crippen LogP contribution in [0.5, 0.6) is 5.75 Å². The van der Waals surface area contributed by atoms with Crippen LogP contribution in [0.2, 0.25) is 0 Å². The molecule has 0 aliphatic carbocycles. The number of carbonyl (C=O) groups excluding carboxylic acids is 1. The van der Waals surface area contributed by atoms with Crippen LogP contribution in [0, 0.1) is 6.92 Å². The Labute approximate surface area is 103 Å². The molecule has 0 fully saturated rings. The first-order chi connectivity index (χ1) is 7.75. The van der Waals surface area contributed by atoms with E-state index in [0.717, 1.165) is 22.4 Å². The van der Waals surface area contributed by atoms with E-state index in [9.17, 15) is 4.79 Å². The molecule has 1 aromatic carbocycles. The molecule has 94 valence electrons. The van der Waals surface area contributed by atoms with Gasteiger partial charge < -0.3 is 10.5 Å². The summed E-state index contributed by atoms with van der Waals surface area (Å²) in [6.45, 7) is 8.32. The third-order valence-electron chi connectivity index (χ3n) is 2.83. The number of hydrogen-bond donors (Lipinski definition) is 1. The van der Waals surface area contributed by atoms with Crippen LogP contribution >= 0.6 is 0 Å². The summed E-state index contributed by atoms with van der Waals surface area (Å²) in [6.07, 6.45) is 0.277. The van der Waals surface area contributed by atoms with E-state index < -0.39 is 0 Å². The van der Waals surface area contributed by atoms with Crippen molar-refractivity contribution < 1.29 is 9.53 Å². The molecule has 17 heavy (non-hydrogen) atoms. The van der Waals surface area contributed by atoms with Crippen LogP contribution in [-0.4, -0.2) is 13.0 Å². The highest BCUT2D eigenvalue weighted by Gasteiger charge is 2.20. The lowest BCUT2D eigenvalue weighted by Crippen LogP contribution is -2.17. The van der Waals surface area contributed by atoms with E-state index in [1.807, 2.05) is 19.1 Å². The Bertz CT molecular complexity index is 431. The zero-order valence-corrected chi connectivity index (χ0v) is 11.3. The number of ether oxygens (including phenoxy) is 1. The SMILES string of the molecule is COc1cc(C)c(CC(N)=O)cc1C(C)(C)C. The number of nitrogens with two attached hydrogens (primary N) is 1. The van der Waals surface area contributed by atoms with Crippen LogP contribution < -0.4 is 10.5 Å². The van der Waals surface area contributed by atoms with Crippen LogP contribution in [0.25, 0.3) is 0 Å². The highest BCUT2D eigenvalue weighted by atomic mass is 16.5. The number of benzene rings is 1. The summed E-state index contributed by atoms with van der Waals surface area (Å²) in [5, 5.41) is 0. The van der Waals surface area contributed by atoms with E-state index in [4.69, 9.17) is 10.5 Å². The Morgan fingerprint density at radius 1 is 1.35 bits per heavy atom. The zero-order chi connectivity index (χ0) is 13.2. The molecule has 2 N–H and O–H groups in total. The van der Waals surface area contributed by atoms with Gasteiger partial charge in [-0.3, -0.25) is 4.79 Å². The minimum atomic E-state index is -0.307. The number of primary amides is 1. The van der Waals surface area contributed by atoms with Gasteiger partial charge in [0.2, 0.25) is 5.91 Å². The van der Waals surface area contributed by atoms with Gasteiger partial charge in [-0.2, -0.15) is 0 Å². The molecule has 1 amide bonds. The normalized spacial score (nSPS) is 11.4. The smallest absolute Gasteiger partial charge is 0.221 e. The predicted octanol–water partition coefficient (Wildman–Crippen LogP) is 2.33. The summed E-state index contributed by atoms with van der Waals surface area (Å²) in [4.78, 5) is 11.0. The van der Waals surface area contributed by atoms with Crippen LogP contribution in [0.15, 0.2) is 12.1 Å². The van der Waals surface area contributed by atoms with E-state index in [1.54, 1.807) is 7.11 Å². The molecule has 0 spiro atoms. The number of methoxy groups -OCH3 is 1. The first-order valence-corrected chi connectivity index (χ1v) is 5.72. The summed E-state index contributed by atoms with van der Waals surface area (Å²) in [7, 11) is 1.66. The fourth-order valence-corrected chi connectivity index (χ4v) is 1.86.